The van der Waals surface area contributed by atoms with Gasteiger partial charge in [-0.05, 0) is 53.9 Å². The Hall–Kier alpha value is -3.74. The summed E-state index contributed by atoms with van der Waals surface area (Å²) in [5.41, 5.74) is 1.38. The first kappa shape index (κ1) is 21.5. The Morgan fingerprint density at radius 3 is 2.47 bits per heavy atom. The number of aromatic amines is 1. The number of alkyl halides is 3. The molecule has 4 nitrogen and oxygen atoms in total. The third kappa shape index (κ3) is 4.61. The molecule has 0 bridgehead atoms. The molecule has 0 amide bonds. The highest BCUT2D eigenvalue weighted by Crippen LogP contribution is 2.38. The molecule has 0 saturated carbocycles. The zero-order valence-electron chi connectivity index (χ0n) is 17.2. The molecule has 1 N–H and O–H groups in total. The van der Waals surface area contributed by atoms with E-state index < -0.39 is 17.7 Å². The van der Waals surface area contributed by atoms with Crippen LogP contribution in [0, 0.1) is 0 Å². The van der Waals surface area contributed by atoms with Crippen molar-refractivity contribution in [2.75, 3.05) is 6.61 Å². The van der Waals surface area contributed by atoms with Crippen LogP contribution < -0.4 is 4.74 Å². The summed E-state index contributed by atoms with van der Waals surface area (Å²) in [7, 11) is 0. The van der Waals surface area contributed by atoms with Crippen LogP contribution in [-0.2, 0) is 17.5 Å². The van der Waals surface area contributed by atoms with Gasteiger partial charge in [0.15, 0.2) is 0 Å². The molecule has 4 aromatic rings. The van der Waals surface area contributed by atoms with Crippen LogP contribution in [0.15, 0.2) is 72.8 Å². The molecule has 7 heteroatoms. The van der Waals surface area contributed by atoms with Crippen molar-refractivity contribution in [3.8, 4) is 16.9 Å². The molecule has 0 spiro atoms. The maximum atomic E-state index is 13.7. The van der Waals surface area contributed by atoms with E-state index in [1.807, 2.05) is 0 Å². The van der Waals surface area contributed by atoms with E-state index in [0.29, 0.717) is 22.6 Å². The Labute approximate surface area is 182 Å². The second-order valence-corrected chi connectivity index (χ2v) is 7.18. The molecule has 0 aliphatic rings. The van der Waals surface area contributed by atoms with Gasteiger partial charge in [-0.1, -0.05) is 42.5 Å². The molecule has 0 atom stereocenters. The van der Waals surface area contributed by atoms with Gasteiger partial charge in [0.05, 0.1) is 12.2 Å². The highest BCUT2D eigenvalue weighted by atomic mass is 19.4. The van der Waals surface area contributed by atoms with Gasteiger partial charge in [-0.3, -0.25) is 0 Å². The van der Waals surface area contributed by atoms with Crippen LogP contribution in [0.2, 0.25) is 0 Å². The minimum atomic E-state index is -4.49. The molecule has 1 aromatic heterocycles. The number of nitrogens with one attached hydrogen (secondary N) is 1. The number of H-pyrrole nitrogens is 1. The summed E-state index contributed by atoms with van der Waals surface area (Å²) in [4.78, 5) is 14.8. The molecule has 32 heavy (non-hydrogen) atoms. The van der Waals surface area contributed by atoms with Crippen molar-refractivity contribution in [3.05, 3.63) is 89.6 Å². The van der Waals surface area contributed by atoms with Gasteiger partial charge in [0.2, 0.25) is 0 Å². The van der Waals surface area contributed by atoms with Crippen molar-refractivity contribution in [2.45, 2.75) is 19.7 Å². The van der Waals surface area contributed by atoms with Crippen molar-refractivity contribution in [3.63, 3.8) is 0 Å². The molecular weight excluding hydrogens is 419 g/mol. The Bertz CT molecular complexity index is 1250. The maximum absolute atomic E-state index is 13.7. The van der Waals surface area contributed by atoms with E-state index in [9.17, 15) is 18.0 Å². The van der Waals surface area contributed by atoms with Crippen molar-refractivity contribution in [1.82, 2.24) is 4.98 Å². The average Bonchev–Trinajstić information content (AvgIpc) is 3.21. The van der Waals surface area contributed by atoms with Crippen LogP contribution in [0.1, 0.15) is 28.5 Å². The van der Waals surface area contributed by atoms with E-state index in [-0.39, 0.29) is 18.8 Å². The normalized spacial score (nSPS) is 11.5. The van der Waals surface area contributed by atoms with Gasteiger partial charge in [-0.2, -0.15) is 13.2 Å². The smallest absolute Gasteiger partial charge is 0.417 e. The topological polar surface area (TPSA) is 51.3 Å². The minimum Gasteiger partial charge on any atom is -0.489 e. The predicted molar refractivity (Wildman–Crippen MR) is 115 cm³/mol. The zero-order valence-corrected chi connectivity index (χ0v) is 17.2. The van der Waals surface area contributed by atoms with Gasteiger partial charge in [-0.15, -0.1) is 0 Å². The van der Waals surface area contributed by atoms with Crippen LogP contribution in [-0.4, -0.2) is 17.6 Å². The summed E-state index contributed by atoms with van der Waals surface area (Å²) in [6.07, 6.45) is -4.49. The van der Waals surface area contributed by atoms with Crippen molar-refractivity contribution in [1.29, 1.82) is 0 Å². The summed E-state index contributed by atoms with van der Waals surface area (Å²) >= 11 is 0. The fraction of sp³-hybridized carbons (Fsp3) is 0.160. The summed E-state index contributed by atoms with van der Waals surface area (Å²) < 4.78 is 51.8. The number of aromatic nitrogens is 1. The summed E-state index contributed by atoms with van der Waals surface area (Å²) in [5, 5.41) is 0.737. The maximum Gasteiger partial charge on any atom is 0.417 e. The first-order chi connectivity index (χ1) is 15.3. The third-order valence-corrected chi connectivity index (χ3v) is 4.97. The van der Waals surface area contributed by atoms with E-state index in [1.165, 1.54) is 6.07 Å². The number of ether oxygens (including phenoxy) is 2. The first-order valence-corrected chi connectivity index (χ1v) is 10.0. The molecule has 0 saturated heterocycles. The predicted octanol–water partition coefficient (Wildman–Crippen LogP) is 6.61. The Kier molecular flexibility index (Phi) is 5.90. The number of hydrogen-bond acceptors (Lipinski definition) is 3. The summed E-state index contributed by atoms with van der Waals surface area (Å²) in [6.45, 7) is 1.97. The minimum absolute atomic E-state index is 0.0290. The van der Waals surface area contributed by atoms with Crippen LogP contribution in [0.25, 0.3) is 22.0 Å². The number of carbonyl (C=O) groups is 1. The quantitative estimate of drug-likeness (QED) is 0.344. The molecule has 0 unspecified atom stereocenters. The largest absolute Gasteiger partial charge is 0.489 e. The van der Waals surface area contributed by atoms with Crippen LogP contribution in [0.4, 0.5) is 13.2 Å². The molecule has 0 radical (unpaired) electrons. The van der Waals surface area contributed by atoms with Gasteiger partial charge in [0, 0.05) is 10.9 Å². The molecule has 164 valence electrons. The van der Waals surface area contributed by atoms with Gasteiger partial charge in [0.1, 0.15) is 18.1 Å². The Balaban J connectivity index is 1.55. The van der Waals surface area contributed by atoms with Crippen LogP contribution in [0.5, 0.6) is 5.75 Å². The summed E-state index contributed by atoms with van der Waals surface area (Å²) in [6, 6.07) is 19.5. The molecule has 0 aliphatic heterocycles. The molecule has 3 aromatic carbocycles. The zero-order chi connectivity index (χ0) is 22.7. The van der Waals surface area contributed by atoms with Crippen LogP contribution in [0.3, 0.4) is 0 Å². The van der Waals surface area contributed by atoms with Crippen molar-refractivity contribution >= 4 is 16.9 Å². The number of rotatable bonds is 6. The summed E-state index contributed by atoms with van der Waals surface area (Å²) in [5.74, 6) is 0.0250. The van der Waals surface area contributed by atoms with E-state index in [4.69, 9.17) is 9.47 Å². The molecule has 0 aliphatic carbocycles. The van der Waals surface area contributed by atoms with Crippen LogP contribution >= 0.6 is 0 Å². The molecule has 4 rings (SSSR count). The standard InChI is InChI=1S/C25H20F3NO3/c1-2-31-24(30)23-14-18-13-19(9-11-22(18)29-23)32-15-16-8-10-20(17-6-4-3-5-7-17)21(12-16)25(26,27)28/h3-14,29H,2,15H2,1H3. The second-order valence-electron chi connectivity index (χ2n) is 7.18. The number of hydrogen-bond donors (Lipinski definition) is 1. The van der Waals surface area contributed by atoms with E-state index in [2.05, 4.69) is 4.98 Å². The molecule has 0 fully saturated rings. The Morgan fingerprint density at radius 2 is 1.75 bits per heavy atom. The molecular formula is C25H20F3NO3. The lowest BCUT2D eigenvalue weighted by Crippen LogP contribution is -2.09. The Morgan fingerprint density at radius 1 is 0.969 bits per heavy atom. The SMILES string of the molecule is CCOC(=O)c1cc2cc(OCc3ccc(-c4ccccc4)c(C(F)(F)F)c3)ccc2[nH]1. The third-order valence-electron chi connectivity index (χ3n) is 4.97. The van der Waals surface area contributed by atoms with Crippen molar-refractivity contribution < 1.29 is 27.4 Å². The second kappa shape index (κ2) is 8.78. The van der Waals surface area contributed by atoms with E-state index >= 15 is 0 Å². The van der Waals surface area contributed by atoms with Gasteiger partial charge in [-0.25, -0.2) is 4.79 Å². The fourth-order valence-corrected chi connectivity index (χ4v) is 3.47. The number of benzene rings is 3. The van der Waals surface area contributed by atoms with Gasteiger partial charge in [0.25, 0.3) is 0 Å². The number of halogens is 3. The number of esters is 1. The van der Waals surface area contributed by atoms with Crippen molar-refractivity contribution in [2.24, 2.45) is 0 Å². The number of fused-ring (bicyclic) bond motifs is 1. The number of carbonyl (C=O) groups excluding carboxylic acids is 1. The monoisotopic (exact) mass is 439 g/mol. The average molecular weight is 439 g/mol. The highest BCUT2D eigenvalue weighted by Gasteiger charge is 2.34. The molecule has 1 heterocycles. The van der Waals surface area contributed by atoms with E-state index in [1.54, 1.807) is 67.6 Å². The first-order valence-electron chi connectivity index (χ1n) is 10.0. The highest BCUT2D eigenvalue weighted by molar-refractivity contribution is 5.95. The van der Waals surface area contributed by atoms with Gasteiger partial charge < -0.3 is 14.5 Å². The lowest BCUT2D eigenvalue weighted by molar-refractivity contribution is -0.137. The lowest BCUT2D eigenvalue weighted by Gasteiger charge is -2.15. The fourth-order valence-electron chi connectivity index (χ4n) is 3.47. The lowest BCUT2D eigenvalue weighted by atomic mass is 9.97. The van der Waals surface area contributed by atoms with E-state index in [0.717, 1.165) is 17.0 Å². The van der Waals surface area contributed by atoms with Gasteiger partial charge >= 0.3 is 12.1 Å².